The Morgan fingerprint density at radius 2 is 1.69 bits per heavy atom. The molecule has 2 aromatic carbocycles. The number of benzene rings is 2. The molecule has 2 unspecified atom stereocenters. The van der Waals surface area contributed by atoms with Gasteiger partial charge in [0.15, 0.2) is 12.0 Å². The van der Waals surface area contributed by atoms with E-state index in [4.69, 9.17) is 0 Å². The number of nitrogens with one attached hydrogen (secondary N) is 2. The largest absolute Gasteiger partial charge is 0.333 e. The van der Waals surface area contributed by atoms with Crippen LogP contribution in [0.4, 0.5) is 9.18 Å². The fourth-order valence-corrected chi connectivity index (χ4v) is 3.54. The van der Waals surface area contributed by atoms with Crippen molar-refractivity contribution < 1.29 is 14.0 Å². The Balaban J connectivity index is 1.64. The number of fused-ring (bicyclic) bond motifs is 1. The number of hydrogen-bond acceptors (Lipinski definition) is 3. The highest BCUT2D eigenvalue weighted by molar-refractivity contribution is 6.04. The van der Waals surface area contributed by atoms with Crippen LogP contribution in [0.15, 0.2) is 53.5 Å². The quantitative estimate of drug-likeness (QED) is 0.830. The Morgan fingerprint density at radius 3 is 2.38 bits per heavy atom. The number of nitrogens with zero attached hydrogens (tertiary/aromatic N) is 3. The van der Waals surface area contributed by atoms with E-state index < -0.39 is 18.2 Å². The first-order valence-corrected chi connectivity index (χ1v) is 9.37. The highest BCUT2D eigenvalue weighted by Crippen LogP contribution is 2.23. The summed E-state index contributed by atoms with van der Waals surface area (Å²) in [6.45, 7) is 2.81. The van der Waals surface area contributed by atoms with Crippen LogP contribution in [-0.2, 0) is 17.9 Å². The van der Waals surface area contributed by atoms with Gasteiger partial charge in [-0.15, -0.1) is 0 Å². The maximum Gasteiger partial charge on any atom is 0.325 e. The van der Waals surface area contributed by atoms with Gasteiger partial charge in [-0.3, -0.25) is 10.1 Å². The van der Waals surface area contributed by atoms with Crippen LogP contribution in [0.2, 0.25) is 0 Å². The minimum absolute atomic E-state index is 0.319. The average Bonchev–Trinajstić information content (AvgIpc) is 3.06. The van der Waals surface area contributed by atoms with Gasteiger partial charge >= 0.3 is 6.03 Å². The summed E-state index contributed by atoms with van der Waals surface area (Å²) in [5.41, 5.74) is 3.04. The van der Waals surface area contributed by atoms with Gasteiger partial charge in [-0.1, -0.05) is 42.0 Å². The maximum atomic E-state index is 13.3. The molecular weight excluding hydrogens is 373 g/mol. The van der Waals surface area contributed by atoms with Crippen LogP contribution in [0.1, 0.15) is 16.7 Å². The van der Waals surface area contributed by atoms with E-state index >= 15 is 0 Å². The van der Waals surface area contributed by atoms with Gasteiger partial charge in [-0.25, -0.2) is 14.2 Å². The Hall–Kier alpha value is -3.42. The second-order valence-electron chi connectivity index (χ2n) is 7.32. The van der Waals surface area contributed by atoms with E-state index in [-0.39, 0.29) is 11.7 Å². The van der Waals surface area contributed by atoms with Crippen LogP contribution in [0.25, 0.3) is 0 Å². The molecule has 2 atom stereocenters. The Bertz CT molecular complexity index is 958. The van der Waals surface area contributed by atoms with Crippen molar-refractivity contribution in [2.24, 2.45) is 4.99 Å². The minimum Gasteiger partial charge on any atom is -0.333 e. The number of likely N-dealkylation sites (N-methyl/N-ethyl adjacent to an activating group) is 1. The molecule has 7 nitrogen and oxygen atoms in total. The molecule has 0 bridgehead atoms. The number of aliphatic imine (C=N–C) groups is 1. The molecule has 2 aliphatic rings. The summed E-state index contributed by atoms with van der Waals surface area (Å²) < 4.78 is 13.3. The van der Waals surface area contributed by atoms with Gasteiger partial charge in [0.1, 0.15) is 12.0 Å². The smallest absolute Gasteiger partial charge is 0.325 e. The summed E-state index contributed by atoms with van der Waals surface area (Å²) in [6.07, 6.45) is -0.520. The lowest BCUT2D eigenvalue weighted by Crippen LogP contribution is -2.64. The standard InChI is InChI=1S/C21H22FN5O2/c1-13-3-5-14(6-4-13)11-23-20-24-18-17(19(28)25-21(29)26(18)2)27(20)12-15-7-9-16(22)10-8-15/h3-10,17-18H,11-12H2,1-2H3,(H,23,24)(H,25,28,29). The third-order valence-corrected chi connectivity index (χ3v) is 5.22. The molecular formula is C21H22FN5O2. The average molecular weight is 395 g/mol. The summed E-state index contributed by atoms with van der Waals surface area (Å²) >= 11 is 0. The molecule has 2 aliphatic heterocycles. The summed E-state index contributed by atoms with van der Waals surface area (Å²) in [7, 11) is 1.63. The predicted octanol–water partition coefficient (Wildman–Crippen LogP) is 1.97. The van der Waals surface area contributed by atoms with Crippen LogP contribution in [0, 0.1) is 12.7 Å². The molecule has 29 heavy (non-hydrogen) atoms. The van der Waals surface area contributed by atoms with E-state index in [2.05, 4.69) is 15.6 Å². The number of aryl methyl sites for hydroxylation is 1. The lowest BCUT2D eigenvalue weighted by Gasteiger charge is -2.35. The van der Waals surface area contributed by atoms with E-state index in [0.29, 0.717) is 19.0 Å². The van der Waals surface area contributed by atoms with Crippen LogP contribution in [0.5, 0.6) is 0 Å². The van der Waals surface area contributed by atoms with Crippen molar-refractivity contribution >= 4 is 17.9 Å². The molecule has 0 aliphatic carbocycles. The number of guanidine groups is 1. The van der Waals surface area contributed by atoms with Gasteiger partial charge < -0.3 is 15.1 Å². The van der Waals surface area contributed by atoms with Crippen LogP contribution >= 0.6 is 0 Å². The van der Waals surface area contributed by atoms with Gasteiger partial charge in [0, 0.05) is 13.6 Å². The molecule has 2 saturated heterocycles. The number of urea groups is 1. The number of amides is 3. The molecule has 150 valence electrons. The normalized spacial score (nSPS) is 22.5. The van der Waals surface area contributed by atoms with Gasteiger partial charge in [-0.2, -0.15) is 0 Å². The van der Waals surface area contributed by atoms with Crippen molar-refractivity contribution in [1.29, 1.82) is 0 Å². The number of rotatable bonds is 4. The maximum absolute atomic E-state index is 13.3. The third-order valence-electron chi connectivity index (χ3n) is 5.22. The number of imide groups is 1. The van der Waals surface area contributed by atoms with Crippen molar-refractivity contribution in [2.75, 3.05) is 7.05 Å². The summed E-state index contributed by atoms with van der Waals surface area (Å²) in [5.74, 6) is -0.171. The van der Waals surface area contributed by atoms with E-state index in [1.54, 1.807) is 19.2 Å². The van der Waals surface area contributed by atoms with Crippen LogP contribution < -0.4 is 10.6 Å². The van der Waals surface area contributed by atoms with Gasteiger partial charge in [0.25, 0.3) is 5.91 Å². The molecule has 2 heterocycles. The number of carbonyl (C=O) groups excluding carboxylic acids is 2. The molecule has 2 N–H and O–H groups in total. The Kier molecular flexibility index (Phi) is 4.92. The Labute approximate surface area is 168 Å². The number of carbonyl (C=O) groups is 2. The summed E-state index contributed by atoms with van der Waals surface area (Å²) in [5, 5.41) is 5.59. The fourth-order valence-electron chi connectivity index (χ4n) is 3.54. The SMILES string of the molecule is Cc1ccc(CN=C2NC3C(C(=O)NC(=O)N3C)N2Cc2ccc(F)cc2)cc1. The van der Waals surface area contributed by atoms with Crippen molar-refractivity contribution in [3.05, 3.63) is 71.0 Å². The van der Waals surface area contributed by atoms with Gasteiger partial charge in [-0.05, 0) is 30.2 Å². The number of halogens is 1. The molecule has 4 rings (SSSR count). The molecule has 3 amide bonds. The van der Waals surface area contributed by atoms with Crippen molar-refractivity contribution in [2.45, 2.75) is 32.2 Å². The van der Waals surface area contributed by atoms with Gasteiger partial charge in [0.05, 0.1) is 6.54 Å². The summed E-state index contributed by atoms with van der Waals surface area (Å²) in [4.78, 5) is 32.6. The molecule has 0 saturated carbocycles. The van der Waals surface area contributed by atoms with Crippen LogP contribution in [0.3, 0.4) is 0 Å². The highest BCUT2D eigenvalue weighted by atomic mass is 19.1. The predicted molar refractivity (Wildman–Crippen MR) is 106 cm³/mol. The van der Waals surface area contributed by atoms with Crippen molar-refractivity contribution in [3.63, 3.8) is 0 Å². The zero-order chi connectivity index (χ0) is 20.5. The van der Waals surface area contributed by atoms with Crippen molar-refractivity contribution in [1.82, 2.24) is 20.4 Å². The lowest BCUT2D eigenvalue weighted by molar-refractivity contribution is -0.127. The minimum atomic E-state index is -0.625. The molecule has 0 spiro atoms. The lowest BCUT2D eigenvalue weighted by atomic mass is 10.1. The second-order valence-corrected chi connectivity index (χ2v) is 7.32. The monoisotopic (exact) mass is 395 g/mol. The number of hydrogen-bond donors (Lipinski definition) is 2. The highest BCUT2D eigenvalue weighted by Gasteiger charge is 2.49. The van der Waals surface area contributed by atoms with E-state index in [9.17, 15) is 14.0 Å². The zero-order valence-electron chi connectivity index (χ0n) is 16.2. The molecule has 8 heteroatoms. The zero-order valence-corrected chi connectivity index (χ0v) is 16.2. The molecule has 2 aromatic rings. The first-order chi connectivity index (χ1) is 13.9. The first kappa shape index (κ1) is 18.9. The van der Waals surface area contributed by atoms with E-state index in [1.807, 2.05) is 36.1 Å². The van der Waals surface area contributed by atoms with E-state index in [1.165, 1.54) is 22.6 Å². The topological polar surface area (TPSA) is 77.0 Å². The van der Waals surface area contributed by atoms with E-state index in [0.717, 1.165) is 11.1 Å². The second kappa shape index (κ2) is 7.54. The molecule has 0 radical (unpaired) electrons. The van der Waals surface area contributed by atoms with Gasteiger partial charge in [0.2, 0.25) is 0 Å². The first-order valence-electron chi connectivity index (χ1n) is 9.37. The Morgan fingerprint density at radius 1 is 1.03 bits per heavy atom. The molecule has 2 fully saturated rings. The summed E-state index contributed by atoms with van der Waals surface area (Å²) in [6, 6.07) is 13.1. The fraction of sp³-hybridized carbons (Fsp3) is 0.286. The third kappa shape index (κ3) is 3.78. The van der Waals surface area contributed by atoms with Crippen molar-refractivity contribution in [3.8, 4) is 0 Å². The molecule has 0 aromatic heterocycles. The van der Waals surface area contributed by atoms with Crippen LogP contribution in [-0.4, -0.2) is 47.0 Å².